The Hall–Kier alpha value is -0.570. The lowest BCUT2D eigenvalue weighted by Gasteiger charge is -2.12. The van der Waals surface area contributed by atoms with Gasteiger partial charge in [-0.1, -0.05) is 30.3 Å². The van der Waals surface area contributed by atoms with Crippen LogP contribution in [0.3, 0.4) is 0 Å². The number of rotatable bonds is 3. The number of benzene rings is 1. The molecule has 0 unspecified atom stereocenters. The number of nitrogens with one attached hydrogen (secondary N) is 1. The van der Waals surface area contributed by atoms with Crippen molar-refractivity contribution < 1.29 is 5.11 Å². The van der Waals surface area contributed by atoms with Gasteiger partial charge in [0.2, 0.25) is 0 Å². The summed E-state index contributed by atoms with van der Waals surface area (Å²) < 4.78 is 0. The summed E-state index contributed by atoms with van der Waals surface area (Å²) in [4.78, 5) is 0. The highest BCUT2D eigenvalue weighted by molar-refractivity contribution is 5.85. The topological polar surface area (TPSA) is 32.3 Å². The average molecular weight is 228 g/mol. The van der Waals surface area contributed by atoms with Crippen molar-refractivity contribution in [2.75, 3.05) is 13.1 Å². The minimum atomic E-state index is -0.140. The van der Waals surface area contributed by atoms with Gasteiger partial charge in [0.1, 0.15) is 0 Å². The van der Waals surface area contributed by atoms with Crippen molar-refractivity contribution in [2.24, 2.45) is 5.92 Å². The van der Waals surface area contributed by atoms with Crippen molar-refractivity contribution in [3.05, 3.63) is 35.9 Å². The van der Waals surface area contributed by atoms with Gasteiger partial charge < -0.3 is 10.4 Å². The molecule has 1 heterocycles. The first-order chi connectivity index (χ1) is 6.86. The van der Waals surface area contributed by atoms with E-state index in [4.69, 9.17) is 0 Å². The van der Waals surface area contributed by atoms with E-state index < -0.39 is 0 Å². The zero-order valence-electron chi connectivity index (χ0n) is 8.73. The summed E-state index contributed by atoms with van der Waals surface area (Å²) >= 11 is 0. The second-order valence-electron chi connectivity index (χ2n) is 4.01. The molecule has 1 aliphatic rings. The maximum absolute atomic E-state index is 9.60. The van der Waals surface area contributed by atoms with E-state index in [1.807, 2.05) is 6.07 Å². The van der Waals surface area contributed by atoms with Gasteiger partial charge in [0, 0.05) is 13.1 Å². The summed E-state index contributed by atoms with van der Waals surface area (Å²) in [5.74, 6) is 0.440. The molecule has 0 saturated carbocycles. The van der Waals surface area contributed by atoms with Crippen LogP contribution in [0.25, 0.3) is 0 Å². The Balaban J connectivity index is 0.00000112. The van der Waals surface area contributed by atoms with E-state index in [2.05, 4.69) is 29.6 Å². The van der Waals surface area contributed by atoms with Crippen LogP contribution < -0.4 is 5.32 Å². The number of aliphatic hydroxyl groups excluding tert-OH is 1. The monoisotopic (exact) mass is 227 g/mol. The Bertz CT molecular complexity index is 278. The van der Waals surface area contributed by atoms with Gasteiger partial charge in [0.05, 0.1) is 6.10 Å². The second kappa shape index (κ2) is 6.11. The van der Waals surface area contributed by atoms with Crippen LogP contribution in [0.4, 0.5) is 0 Å². The molecule has 2 atom stereocenters. The molecule has 2 N–H and O–H groups in total. The summed E-state index contributed by atoms with van der Waals surface area (Å²) in [6, 6.07) is 10.5. The Labute approximate surface area is 97.1 Å². The number of hydrogen-bond acceptors (Lipinski definition) is 2. The normalized spacial score (nSPS) is 24.9. The maximum Gasteiger partial charge on any atom is 0.0704 e. The first-order valence-electron chi connectivity index (χ1n) is 5.29. The van der Waals surface area contributed by atoms with Gasteiger partial charge in [-0.2, -0.15) is 0 Å². The molecule has 2 nitrogen and oxygen atoms in total. The van der Waals surface area contributed by atoms with Gasteiger partial charge in [0.15, 0.2) is 0 Å². The third-order valence-corrected chi connectivity index (χ3v) is 2.95. The van der Waals surface area contributed by atoms with E-state index in [1.165, 1.54) is 5.56 Å². The van der Waals surface area contributed by atoms with Crippen LogP contribution in [0.15, 0.2) is 30.3 Å². The summed E-state index contributed by atoms with van der Waals surface area (Å²) in [5, 5.41) is 12.8. The third kappa shape index (κ3) is 3.49. The Morgan fingerprint density at radius 3 is 2.53 bits per heavy atom. The van der Waals surface area contributed by atoms with Crippen LogP contribution in [-0.2, 0) is 6.42 Å². The van der Waals surface area contributed by atoms with Crippen LogP contribution in [-0.4, -0.2) is 24.3 Å². The zero-order valence-corrected chi connectivity index (χ0v) is 9.54. The van der Waals surface area contributed by atoms with Crippen molar-refractivity contribution in [2.45, 2.75) is 18.9 Å². The lowest BCUT2D eigenvalue weighted by Crippen LogP contribution is -2.18. The summed E-state index contributed by atoms with van der Waals surface area (Å²) in [5.41, 5.74) is 1.37. The lowest BCUT2D eigenvalue weighted by molar-refractivity contribution is 0.143. The molecule has 0 spiro atoms. The number of aryl methyl sites for hydroxylation is 1. The van der Waals surface area contributed by atoms with Crippen LogP contribution >= 0.6 is 12.4 Å². The molecular formula is C12H18ClNO. The summed E-state index contributed by atoms with van der Waals surface area (Å²) in [7, 11) is 0. The number of hydrogen-bond donors (Lipinski definition) is 2. The van der Waals surface area contributed by atoms with Crippen molar-refractivity contribution in [1.82, 2.24) is 5.32 Å². The predicted molar refractivity (Wildman–Crippen MR) is 64.4 cm³/mol. The molecule has 0 aliphatic carbocycles. The second-order valence-corrected chi connectivity index (χ2v) is 4.01. The van der Waals surface area contributed by atoms with Crippen molar-refractivity contribution >= 4 is 12.4 Å². The fourth-order valence-electron chi connectivity index (χ4n) is 2.01. The van der Waals surface area contributed by atoms with Crippen LogP contribution in [0.2, 0.25) is 0 Å². The van der Waals surface area contributed by atoms with Gasteiger partial charge in [-0.05, 0) is 24.3 Å². The largest absolute Gasteiger partial charge is 0.391 e. The third-order valence-electron chi connectivity index (χ3n) is 2.95. The van der Waals surface area contributed by atoms with Crippen LogP contribution in [0.5, 0.6) is 0 Å². The molecule has 0 amide bonds. The fourth-order valence-corrected chi connectivity index (χ4v) is 2.01. The maximum atomic E-state index is 9.60. The van der Waals surface area contributed by atoms with E-state index in [0.29, 0.717) is 5.92 Å². The molecule has 1 aromatic carbocycles. The van der Waals surface area contributed by atoms with E-state index in [0.717, 1.165) is 25.9 Å². The first-order valence-corrected chi connectivity index (χ1v) is 5.29. The molecular weight excluding hydrogens is 210 g/mol. The van der Waals surface area contributed by atoms with Gasteiger partial charge in [-0.25, -0.2) is 0 Å². The van der Waals surface area contributed by atoms with Crippen LogP contribution in [0, 0.1) is 5.92 Å². The molecule has 1 aromatic rings. The summed E-state index contributed by atoms with van der Waals surface area (Å²) in [6.07, 6.45) is 2.02. The van der Waals surface area contributed by atoms with E-state index in [-0.39, 0.29) is 18.5 Å². The van der Waals surface area contributed by atoms with Gasteiger partial charge in [-0.15, -0.1) is 12.4 Å². The predicted octanol–water partition coefficient (Wildman–Crippen LogP) is 1.62. The molecule has 1 saturated heterocycles. The molecule has 0 radical (unpaired) electrons. The van der Waals surface area contributed by atoms with Crippen LogP contribution in [0.1, 0.15) is 12.0 Å². The quantitative estimate of drug-likeness (QED) is 0.823. The highest BCUT2D eigenvalue weighted by Gasteiger charge is 2.23. The molecule has 15 heavy (non-hydrogen) atoms. The smallest absolute Gasteiger partial charge is 0.0704 e. The fraction of sp³-hybridized carbons (Fsp3) is 0.500. The standard InChI is InChI=1S/C12H17NO.ClH/c14-12-9-13-8-11(12)7-6-10-4-2-1-3-5-10;/h1-5,11-14H,6-9H2;1H/t11-,12-;/m0./s1. The van der Waals surface area contributed by atoms with E-state index >= 15 is 0 Å². The Kier molecular flexibility index (Phi) is 5.09. The van der Waals surface area contributed by atoms with E-state index in [1.54, 1.807) is 0 Å². The Morgan fingerprint density at radius 1 is 1.20 bits per heavy atom. The molecule has 0 aromatic heterocycles. The molecule has 1 fully saturated rings. The molecule has 1 aliphatic heterocycles. The van der Waals surface area contributed by atoms with Gasteiger partial charge >= 0.3 is 0 Å². The van der Waals surface area contributed by atoms with Gasteiger partial charge in [0.25, 0.3) is 0 Å². The first kappa shape index (κ1) is 12.5. The highest BCUT2D eigenvalue weighted by Crippen LogP contribution is 2.16. The lowest BCUT2D eigenvalue weighted by atomic mass is 9.97. The minimum Gasteiger partial charge on any atom is -0.391 e. The van der Waals surface area contributed by atoms with Crippen molar-refractivity contribution in [3.8, 4) is 0 Å². The SMILES string of the molecule is Cl.O[C@H]1CNC[C@@H]1CCc1ccccc1. The molecule has 3 heteroatoms. The Morgan fingerprint density at radius 2 is 1.93 bits per heavy atom. The minimum absolute atomic E-state index is 0. The van der Waals surface area contributed by atoms with Crippen molar-refractivity contribution in [1.29, 1.82) is 0 Å². The zero-order chi connectivity index (χ0) is 9.80. The molecule has 0 bridgehead atoms. The van der Waals surface area contributed by atoms with Crippen molar-refractivity contribution in [3.63, 3.8) is 0 Å². The van der Waals surface area contributed by atoms with E-state index in [9.17, 15) is 5.11 Å². The number of β-amino-alcohol motifs (C(OH)–C–C–N with tert-alkyl or cyclic N) is 1. The number of halogens is 1. The number of aliphatic hydroxyl groups is 1. The van der Waals surface area contributed by atoms with Gasteiger partial charge in [-0.3, -0.25) is 0 Å². The highest BCUT2D eigenvalue weighted by atomic mass is 35.5. The molecule has 2 rings (SSSR count). The average Bonchev–Trinajstić information content (AvgIpc) is 2.63. The summed E-state index contributed by atoms with van der Waals surface area (Å²) in [6.45, 7) is 1.73. The molecule has 84 valence electrons.